The van der Waals surface area contributed by atoms with Crippen molar-refractivity contribution in [2.45, 2.75) is 25.4 Å². The van der Waals surface area contributed by atoms with E-state index in [2.05, 4.69) is 21.2 Å². The van der Waals surface area contributed by atoms with Gasteiger partial charge in [-0.05, 0) is 24.1 Å². The number of hydrogen-bond donors (Lipinski definition) is 1. The normalized spacial score (nSPS) is 11.3. The van der Waals surface area contributed by atoms with E-state index < -0.39 is 24.9 Å². The molecule has 1 rings (SSSR count). The van der Waals surface area contributed by atoms with Gasteiger partial charge in [0.2, 0.25) is 5.91 Å². The van der Waals surface area contributed by atoms with Gasteiger partial charge in [-0.1, -0.05) is 28.1 Å². The SMILES string of the molecule is O=C(CCC(F)(F)F)Nc1ccc(CCBr)cc1. The molecule has 6 heteroatoms. The zero-order valence-electron chi connectivity index (χ0n) is 9.56. The van der Waals surface area contributed by atoms with Crippen molar-refractivity contribution in [3.8, 4) is 0 Å². The number of halogens is 4. The molecule has 1 aromatic rings. The van der Waals surface area contributed by atoms with Crippen molar-refractivity contribution in [2.75, 3.05) is 10.6 Å². The van der Waals surface area contributed by atoms with Gasteiger partial charge >= 0.3 is 6.18 Å². The molecular formula is C12H13BrF3NO. The van der Waals surface area contributed by atoms with Gasteiger partial charge in [0, 0.05) is 17.4 Å². The number of amides is 1. The van der Waals surface area contributed by atoms with Gasteiger partial charge in [-0.25, -0.2) is 0 Å². The Bertz CT molecular complexity index is 389. The lowest BCUT2D eigenvalue weighted by Crippen LogP contribution is -2.16. The van der Waals surface area contributed by atoms with Crippen molar-refractivity contribution >= 4 is 27.5 Å². The van der Waals surface area contributed by atoms with Crippen molar-refractivity contribution in [2.24, 2.45) is 0 Å². The summed E-state index contributed by atoms with van der Waals surface area (Å²) in [7, 11) is 0. The van der Waals surface area contributed by atoms with Crippen LogP contribution in [-0.2, 0) is 11.2 Å². The van der Waals surface area contributed by atoms with Crippen molar-refractivity contribution < 1.29 is 18.0 Å². The molecule has 0 aliphatic rings. The lowest BCUT2D eigenvalue weighted by Gasteiger charge is -2.08. The van der Waals surface area contributed by atoms with Gasteiger partial charge in [0.15, 0.2) is 0 Å². The van der Waals surface area contributed by atoms with Crippen LogP contribution in [-0.4, -0.2) is 17.4 Å². The molecule has 100 valence electrons. The molecule has 0 fully saturated rings. The highest BCUT2D eigenvalue weighted by molar-refractivity contribution is 9.09. The number of benzene rings is 1. The largest absolute Gasteiger partial charge is 0.389 e. The fourth-order valence-corrected chi connectivity index (χ4v) is 1.80. The van der Waals surface area contributed by atoms with Crippen molar-refractivity contribution in [1.29, 1.82) is 0 Å². The van der Waals surface area contributed by atoms with Crippen LogP contribution in [0.1, 0.15) is 18.4 Å². The highest BCUT2D eigenvalue weighted by Gasteiger charge is 2.27. The number of rotatable bonds is 5. The molecule has 1 aromatic carbocycles. The van der Waals surface area contributed by atoms with E-state index in [4.69, 9.17) is 0 Å². The maximum atomic E-state index is 11.9. The summed E-state index contributed by atoms with van der Waals surface area (Å²) < 4.78 is 35.7. The Labute approximate surface area is 112 Å². The summed E-state index contributed by atoms with van der Waals surface area (Å²) in [5.41, 5.74) is 1.61. The third-order valence-corrected chi connectivity index (χ3v) is 2.65. The number of nitrogens with one attached hydrogen (secondary N) is 1. The van der Waals surface area contributed by atoms with Crippen LogP contribution in [0.4, 0.5) is 18.9 Å². The molecule has 18 heavy (non-hydrogen) atoms. The van der Waals surface area contributed by atoms with E-state index in [1.54, 1.807) is 12.1 Å². The second-order valence-corrected chi connectivity index (χ2v) is 4.59. The molecule has 0 aliphatic carbocycles. The second kappa shape index (κ2) is 6.78. The second-order valence-electron chi connectivity index (χ2n) is 3.80. The van der Waals surface area contributed by atoms with E-state index in [1.807, 2.05) is 12.1 Å². The maximum absolute atomic E-state index is 11.9. The molecule has 0 saturated carbocycles. The summed E-state index contributed by atoms with van der Waals surface area (Å²) in [6.45, 7) is 0. The molecule has 0 atom stereocenters. The van der Waals surface area contributed by atoms with Crippen molar-refractivity contribution in [3.63, 3.8) is 0 Å². The average Bonchev–Trinajstić information content (AvgIpc) is 2.29. The van der Waals surface area contributed by atoms with Gasteiger partial charge in [-0.3, -0.25) is 4.79 Å². The predicted octanol–water partition coefficient (Wildman–Crippen LogP) is 3.91. The Hall–Kier alpha value is -1.04. The standard InChI is InChI=1S/C12H13BrF3NO/c13-8-6-9-1-3-10(4-2-9)17-11(18)5-7-12(14,15)16/h1-4H,5-8H2,(H,17,18). The first-order chi connectivity index (χ1) is 8.40. The minimum Gasteiger partial charge on any atom is -0.326 e. The van der Waals surface area contributed by atoms with Crippen LogP contribution >= 0.6 is 15.9 Å². The molecule has 0 aliphatic heterocycles. The topological polar surface area (TPSA) is 29.1 Å². The molecule has 1 N–H and O–H groups in total. The summed E-state index contributed by atoms with van der Waals surface area (Å²) in [5, 5.41) is 3.27. The van der Waals surface area contributed by atoms with Gasteiger partial charge in [-0.2, -0.15) is 13.2 Å². The Morgan fingerprint density at radius 1 is 1.22 bits per heavy atom. The van der Waals surface area contributed by atoms with E-state index in [0.717, 1.165) is 17.3 Å². The summed E-state index contributed by atoms with van der Waals surface area (Å²) in [6.07, 6.45) is -5.08. The van der Waals surface area contributed by atoms with E-state index >= 15 is 0 Å². The third kappa shape index (κ3) is 6.05. The van der Waals surface area contributed by atoms with Crippen molar-refractivity contribution in [1.82, 2.24) is 0 Å². The first-order valence-electron chi connectivity index (χ1n) is 5.42. The van der Waals surface area contributed by atoms with E-state index in [-0.39, 0.29) is 0 Å². The maximum Gasteiger partial charge on any atom is 0.389 e. The van der Waals surface area contributed by atoms with Gasteiger partial charge in [0.05, 0.1) is 6.42 Å². The predicted molar refractivity (Wildman–Crippen MR) is 67.9 cm³/mol. The highest BCUT2D eigenvalue weighted by atomic mass is 79.9. The minimum atomic E-state index is -4.29. The summed E-state index contributed by atoms with van der Waals surface area (Å²) >= 11 is 3.31. The van der Waals surface area contributed by atoms with E-state index in [9.17, 15) is 18.0 Å². The zero-order valence-corrected chi connectivity index (χ0v) is 11.1. The third-order valence-electron chi connectivity index (χ3n) is 2.26. The van der Waals surface area contributed by atoms with Crippen LogP contribution in [0, 0.1) is 0 Å². The number of carbonyl (C=O) groups excluding carboxylic acids is 1. The fraction of sp³-hybridized carbons (Fsp3) is 0.417. The van der Waals surface area contributed by atoms with Crippen LogP contribution in [0.15, 0.2) is 24.3 Å². The van der Waals surface area contributed by atoms with Crippen LogP contribution in [0.25, 0.3) is 0 Å². The smallest absolute Gasteiger partial charge is 0.326 e. The molecule has 0 aromatic heterocycles. The van der Waals surface area contributed by atoms with Gasteiger partial charge in [0.25, 0.3) is 0 Å². The lowest BCUT2D eigenvalue weighted by molar-refractivity contribution is -0.142. The first-order valence-corrected chi connectivity index (χ1v) is 6.54. The molecule has 0 bridgehead atoms. The number of hydrogen-bond acceptors (Lipinski definition) is 1. The Kier molecular flexibility index (Phi) is 5.65. The van der Waals surface area contributed by atoms with E-state index in [1.165, 1.54) is 0 Å². The monoisotopic (exact) mass is 323 g/mol. The summed E-state index contributed by atoms with van der Waals surface area (Å²) in [5.74, 6) is -0.624. The van der Waals surface area contributed by atoms with E-state index in [0.29, 0.717) is 5.69 Å². The van der Waals surface area contributed by atoms with Crippen molar-refractivity contribution in [3.05, 3.63) is 29.8 Å². The number of aryl methyl sites for hydroxylation is 1. The Morgan fingerprint density at radius 2 is 1.83 bits per heavy atom. The molecule has 0 heterocycles. The Balaban J connectivity index is 2.44. The molecule has 2 nitrogen and oxygen atoms in total. The van der Waals surface area contributed by atoms with Crippen LogP contribution in [0.5, 0.6) is 0 Å². The van der Waals surface area contributed by atoms with Crippen LogP contribution < -0.4 is 5.32 Å². The lowest BCUT2D eigenvalue weighted by atomic mass is 10.1. The summed E-state index contributed by atoms with van der Waals surface area (Å²) in [6, 6.07) is 7.04. The van der Waals surface area contributed by atoms with Gasteiger partial charge < -0.3 is 5.32 Å². The Morgan fingerprint density at radius 3 is 2.33 bits per heavy atom. The highest BCUT2D eigenvalue weighted by Crippen LogP contribution is 2.21. The average molecular weight is 324 g/mol. The number of carbonyl (C=O) groups is 1. The molecule has 0 saturated heterocycles. The first kappa shape index (κ1) is 15.0. The minimum absolute atomic E-state index is 0.514. The molecule has 0 spiro atoms. The summed E-state index contributed by atoms with van der Waals surface area (Å²) in [4.78, 5) is 11.3. The molecule has 1 amide bonds. The molecule has 0 radical (unpaired) electrons. The van der Waals surface area contributed by atoms with Crippen LogP contribution in [0.2, 0.25) is 0 Å². The molecule has 0 unspecified atom stereocenters. The quantitative estimate of drug-likeness (QED) is 0.818. The van der Waals surface area contributed by atoms with Gasteiger partial charge in [-0.15, -0.1) is 0 Å². The fourth-order valence-electron chi connectivity index (χ4n) is 1.34. The van der Waals surface area contributed by atoms with Gasteiger partial charge in [0.1, 0.15) is 0 Å². The number of alkyl halides is 4. The number of anilines is 1. The molecular weight excluding hydrogens is 311 g/mol. The zero-order chi connectivity index (χ0) is 13.6. The van der Waals surface area contributed by atoms with Crippen LogP contribution in [0.3, 0.4) is 0 Å².